The monoisotopic (exact) mass is 393 g/mol. The second-order valence-corrected chi connectivity index (χ2v) is 7.27. The summed E-state index contributed by atoms with van der Waals surface area (Å²) in [7, 11) is 2.90. The number of likely N-dealkylation sites (tertiary alicyclic amines) is 1. The van der Waals surface area contributed by atoms with E-state index in [1.54, 1.807) is 12.1 Å². The Morgan fingerprint density at radius 2 is 1.93 bits per heavy atom. The Labute approximate surface area is 166 Å². The zero-order valence-corrected chi connectivity index (χ0v) is 17.1. The normalized spacial score (nSPS) is 18.2. The number of nitrogens with one attached hydrogen (secondary N) is 1. The molecule has 8 heteroatoms. The fraction of sp³-hybridized carbons (Fsp3) is 0.600. The maximum atomic E-state index is 12.7. The lowest BCUT2D eigenvalue weighted by molar-refractivity contribution is -0.120. The fourth-order valence-corrected chi connectivity index (χ4v) is 3.39. The van der Waals surface area contributed by atoms with Gasteiger partial charge in [0.25, 0.3) is 11.8 Å². The number of methoxy groups -OCH3 is 2. The van der Waals surface area contributed by atoms with Crippen LogP contribution in [0.1, 0.15) is 37.0 Å². The minimum atomic E-state index is -0.619. The molecule has 0 bridgehead atoms. The van der Waals surface area contributed by atoms with Crippen molar-refractivity contribution in [3.63, 3.8) is 0 Å². The van der Waals surface area contributed by atoms with Crippen molar-refractivity contribution in [2.24, 2.45) is 11.7 Å². The largest absolute Gasteiger partial charge is 0.493 e. The van der Waals surface area contributed by atoms with Gasteiger partial charge in [-0.2, -0.15) is 0 Å². The number of rotatable bonds is 9. The van der Waals surface area contributed by atoms with Gasteiger partial charge in [-0.3, -0.25) is 14.5 Å². The SMILES string of the molecule is COc1cc(C(=O)NCC(C)N2CCCC(C)C2)cc(OC)c1OCC(N)=O. The maximum absolute atomic E-state index is 12.7. The minimum Gasteiger partial charge on any atom is -0.493 e. The van der Waals surface area contributed by atoms with Crippen LogP contribution in [0.3, 0.4) is 0 Å². The third-order valence-electron chi connectivity index (χ3n) is 4.95. The molecule has 2 unspecified atom stereocenters. The van der Waals surface area contributed by atoms with Crippen molar-refractivity contribution in [3.8, 4) is 17.2 Å². The van der Waals surface area contributed by atoms with E-state index in [-0.39, 0.29) is 24.3 Å². The number of hydrogen-bond acceptors (Lipinski definition) is 6. The molecular weight excluding hydrogens is 362 g/mol. The van der Waals surface area contributed by atoms with Crippen LogP contribution in [0.15, 0.2) is 12.1 Å². The first kappa shape index (κ1) is 21.8. The molecule has 0 spiro atoms. The van der Waals surface area contributed by atoms with Crippen LogP contribution in [0, 0.1) is 5.92 Å². The lowest BCUT2D eigenvalue weighted by Crippen LogP contribution is -2.46. The second kappa shape index (κ2) is 10.2. The molecule has 1 heterocycles. The summed E-state index contributed by atoms with van der Waals surface area (Å²) in [5, 5.41) is 2.98. The molecule has 0 aromatic heterocycles. The number of nitrogens with two attached hydrogens (primary N) is 1. The van der Waals surface area contributed by atoms with Crippen molar-refractivity contribution >= 4 is 11.8 Å². The zero-order chi connectivity index (χ0) is 20.7. The van der Waals surface area contributed by atoms with Gasteiger partial charge in [-0.15, -0.1) is 0 Å². The number of piperidine rings is 1. The molecule has 0 aliphatic carbocycles. The molecule has 1 saturated heterocycles. The number of nitrogens with zero attached hydrogens (tertiary/aromatic N) is 1. The number of primary amides is 1. The van der Waals surface area contributed by atoms with E-state index in [0.29, 0.717) is 29.5 Å². The molecule has 0 saturated carbocycles. The van der Waals surface area contributed by atoms with Crippen LogP contribution in [0.4, 0.5) is 0 Å². The second-order valence-electron chi connectivity index (χ2n) is 7.27. The quantitative estimate of drug-likeness (QED) is 0.658. The molecule has 3 N–H and O–H groups in total. The van der Waals surface area contributed by atoms with Gasteiger partial charge in [-0.25, -0.2) is 0 Å². The molecule has 2 amide bonds. The Bertz CT molecular complexity index is 669. The molecule has 1 aliphatic rings. The molecule has 8 nitrogen and oxygen atoms in total. The number of amides is 2. The zero-order valence-electron chi connectivity index (χ0n) is 17.1. The van der Waals surface area contributed by atoms with Crippen molar-refractivity contribution in [1.29, 1.82) is 0 Å². The number of carbonyl (C=O) groups excluding carboxylic acids is 2. The van der Waals surface area contributed by atoms with Crippen molar-refractivity contribution < 1.29 is 23.8 Å². The standard InChI is InChI=1S/C20H31N3O5/c1-13-6-5-7-23(11-13)14(2)10-22-20(25)15-8-16(26-3)19(17(9-15)27-4)28-12-18(21)24/h8-9,13-14H,5-7,10-12H2,1-4H3,(H2,21,24)(H,22,25). The van der Waals surface area contributed by atoms with Crippen LogP contribution in [-0.2, 0) is 4.79 Å². The van der Waals surface area contributed by atoms with Gasteiger partial charge in [0.1, 0.15) is 0 Å². The summed E-state index contributed by atoms with van der Waals surface area (Å²) >= 11 is 0. The third kappa shape index (κ3) is 5.76. The highest BCUT2D eigenvalue weighted by molar-refractivity contribution is 5.95. The molecule has 1 aliphatic heterocycles. The average Bonchev–Trinajstić information content (AvgIpc) is 2.69. The van der Waals surface area contributed by atoms with E-state index in [1.807, 2.05) is 0 Å². The Morgan fingerprint density at radius 1 is 1.29 bits per heavy atom. The van der Waals surface area contributed by atoms with E-state index in [4.69, 9.17) is 19.9 Å². The van der Waals surface area contributed by atoms with Crippen LogP contribution in [0.2, 0.25) is 0 Å². The molecule has 156 valence electrons. The van der Waals surface area contributed by atoms with Crippen molar-refractivity contribution in [2.75, 3.05) is 40.5 Å². The summed E-state index contributed by atoms with van der Waals surface area (Å²) in [6.07, 6.45) is 2.46. The number of carbonyl (C=O) groups is 2. The maximum Gasteiger partial charge on any atom is 0.255 e. The molecule has 1 aromatic rings. The Balaban J connectivity index is 2.06. The molecular formula is C20H31N3O5. The molecule has 1 aromatic carbocycles. The Hall–Kier alpha value is -2.48. The molecule has 0 radical (unpaired) electrons. The van der Waals surface area contributed by atoms with Gasteiger partial charge in [-0.1, -0.05) is 6.92 Å². The van der Waals surface area contributed by atoms with E-state index in [0.717, 1.165) is 13.1 Å². The van der Waals surface area contributed by atoms with Crippen molar-refractivity contribution in [2.45, 2.75) is 32.7 Å². The van der Waals surface area contributed by atoms with E-state index >= 15 is 0 Å². The lowest BCUT2D eigenvalue weighted by Gasteiger charge is -2.35. The van der Waals surface area contributed by atoms with Crippen LogP contribution >= 0.6 is 0 Å². The van der Waals surface area contributed by atoms with Crippen LogP contribution < -0.4 is 25.3 Å². The highest BCUT2D eigenvalue weighted by Crippen LogP contribution is 2.38. The number of ether oxygens (including phenoxy) is 3. The van der Waals surface area contributed by atoms with E-state index in [1.165, 1.54) is 27.1 Å². The lowest BCUT2D eigenvalue weighted by atomic mass is 9.99. The van der Waals surface area contributed by atoms with Gasteiger partial charge in [-0.05, 0) is 44.4 Å². The molecule has 2 rings (SSSR count). The van der Waals surface area contributed by atoms with Gasteiger partial charge in [0, 0.05) is 24.7 Å². The number of benzene rings is 1. The van der Waals surface area contributed by atoms with E-state index < -0.39 is 5.91 Å². The first-order valence-corrected chi connectivity index (χ1v) is 9.55. The van der Waals surface area contributed by atoms with Gasteiger partial charge < -0.3 is 25.3 Å². The minimum absolute atomic E-state index is 0.227. The van der Waals surface area contributed by atoms with E-state index in [9.17, 15) is 9.59 Å². The number of hydrogen-bond donors (Lipinski definition) is 2. The highest BCUT2D eigenvalue weighted by Gasteiger charge is 2.22. The van der Waals surface area contributed by atoms with Gasteiger partial charge in [0.2, 0.25) is 5.75 Å². The molecule has 1 fully saturated rings. The fourth-order valence-electron chi connectivity index (χ4n) is 3.39. The summed E-state index contributed by atoms with van der Waals surface area (Å²) < 4.78 is 16.0. The summed E-state index contributed by atoms with van der Waals surface area (Å²) in [6, 6.07) is 3.37. The summed E-state index contributed by atoms with van der Waals surface area (Å²) in [5.41, 5.74) is 5.51. The molecule has 28 heavy (non-hydrogen) atoms. The van der Waals surface area contributed by atoms with Gasteiger partial charge >= 0.3 is 0 Å². The summed E-state index contributed by atoms with van der Waals surface area (Å²) in [5.74, 6) is 0.665. The van der Waals surface area contributed by atoms with Crippen LogP contribution in [-0.4, -0.2) is 63.2 Å². The van der Waals surface area contributed by atoms with Crippen molar-refractivity contribution in [3.05, 3.63) is 17.7 Å². The predicted octanol–water partition coefficient (Wildman–Crippen LogP) is 1.42. The van der Waals surface area contributed by atoms with Gasteiger partial charge in [0.15, 0.2) is 18.1 Å². The van der Waals surface area contributed by atoms with Gasteiger partial charge in [0.05, 0.1) is 14.2 Å². The van der Waals surface area contributed by atoms with Crippen molar-refractivity contribution in [1.82, 2.24) is 10.2 Å². The Morgan fingerprint density at radius 3 is 2.46 bits per heavy atom. The summed E-state index contributed by atoms with van der Waals surface area (Å²) in [4.78, 5) is 26.1. The first-order valence-electron chi connectivity index (χ1n) is 9.55. The summed E-state index contributed by atoms with van der Waals surface area (Å²) in [6.45, 7) is 6.75. The smallest absolute Gasteiger partial charge is 0.255 e. The third-order valence-corrected chi connectivity index (χ3v) is 4.95. The van der Waals surface area contributed by atoms with Crippen LogP contribution in [0.5, 0.6) is 17.2 Å². The Kier molecular flexibility index (Phi) is 7.92. The van der Waals surface area contributed by atoms with Crippen LogP contribution in [0.25, 0.3) is 0 Å². The topological polar surface area (TPSA) is 103 Å². The average molecular weight is 393 g/mol. The highest BCUT2D eigenvalue weighted by atomic mass is 16.5. The first-order chi connectivity index (χ1) is 13.3. The van der Waals surface area contributed by atoms with E-state index in [2.05, 4.69) is 24.1 Å². The predicted molar refractivity (Wildman–Crippen MR) is 106 cm³/mol. The molecule has 2 atom stereocenters.